The summed E-state index contributed by atoms with van der Waals surface area (Å²) in [7, 11) is 0. The van der Waals surface area contributed by atoms with Crippen LogP contribution in [0.1, 0.15) is 43.0 Å². The van der Waals surface area contributed by atoms with E-state index in [-0.39, 0.29) is 12.4 Å². The van der Waals surface area contributed by atoms with Gasteiger partial charge in [0, 0.05) is 6.08 Å². The van der Waals surface area contributed by atoms with E-state index in [9.17, 15) is 0 Å². The molecule has 25 heavy (non-hydrogen) atoms. The van der Waals surface area contributed by atoms with E-state index in [1.54, 1.807) is 6.08 Å². The summed E-state index contributed by atoms with van der Waals surface area (Å²) in [6.07, 6.45) is 7.73. The number of hydrogen-bond donors (Lipinski definition) is 1. The first-order chi connectivity index (χ1) is 11.6. The van der Waals surface area contributed by atoms with Crippen LogP contribution in [0.25, 0.3) is 12.2 Å². The Labute approximate surface area is 160 Å². The Morgan fingerprint density at radius 1 is 1.12 bits per heavy atom. The lowest BCUT2D eigenvalue weighted by molar-refractivity contribution is 0.170. The van der Waals surface area contributed by atoms with Crippen LogP contribution in [0, 0.1) is 0 Å². The lowest BCUT2D eigenvalue weighted by Gasteiger charge is -2.19. The highest BCUT2D eigenvalue weighted by molar-refractivity contribution is 9.10. The highest BCUT2D eigenvalue weighted by atomic mass is 79.9. The van der Waals surface area contributed by atoms with E-state index in [4.69, 9.17) is 19.7 Å². The zero-order chi connectivity index (χ0) is 16.6. The molecule has 0 saturated heterocycles. The van der Waals surface area contributed by atoms with Crippen LogP contribution < -0.4 is 15.2 Å². The molecule has 1 aliphatic heterocycles. The van der Waals surface area contributed by atoms with Crippen LogP contribution in [0.3, 0.4) is 0 Å². The summed E-state index contributed by atoms with van der Waals surface area (Å²) in [5.41, 5.74) is 6.87. The molecule has 0 radical (unpaired) electrons. The average Bonchev–Trinajstić information content (AvgIpc) is 3.23. The molecule has 1 aliphatic carbocycles. The van der Waals surface area contributed by atoms with Crippen LogP contribution in [0.4, 0.5) is 0 Å². The Kier molecular flexibility index (Phi) is 5.36. The van der Waals surface area contributed by atoms with Crippen molar-refractivity contribution in [3.05, 3.63) is 33.9 Å². The van der Waals surface area contributed by atoms with E-state index in [1.807, 2.05) is 18.2 Å². The van der Waals surface area contributed by atoms with Gasteiger partial charge in [-0.15, -0.1) is 12.4 Å². The molecule has 2 aromatic rings. The van der Waals surface area contributed by atoms with Crippen LogP contribution in [0.5, 0.6) is 11.5 Å². The fourth-order valence-corrected chi connectivity index (χ4v) is 3.70. The number of halogens is 2. The van der Waals surface area contributed by atoms with E-state index in [2.05, 4.69) is 26.1 Å². The van der Waals surface area contributed by atoms with Gasteiger partial charge in [0.1, 0.15) is 13.2 Å². The van der Waals surface area contributed by atoms with Crippen molar-refractivity contribution in [1.82, 2.24) is 10.1 Å². The molecule has 2 N–H and O–H groups in total. The first-order valence-electron chi connectivity index (χ1n) is 8.04. The van der Waals surface area contributed by atoms with Gasteiger partial charge in [-0.25, -0.2) is 0 Å². The Balaban J connectivity index is 0.00000182. The monoisotopic (exact) mass is 427 g/mol. The molecular weight excluding hydrogens is 410 g/mol. The standard InChI is InChI=1S/C17H18BrN3O3.ClH/c18-12-9-11(10-13-15(12)23-8-7-22-13)3-4-14-20-16(21-24-14)17(19)5-1-2-6-17;/h3-4,9-10H,1-2,5-8,19H2;1H/b4-3+;. The number of aromatic nitrogens is 2. The molecule has 134 valence electrons. The second kappa shape index (κ2) is 7.35. The minimum Gasteiger partial charge on any atom is -0.486 e. The number of nitrogens with two attached hydrogens (primary N) is 1. The molecule has 0 atom stereocenters. The summed E-state index contributed by atoms with van der Waals surface area (Å²) < 4.78 is 17.4. The van der Waals surface area contributed by atoms with E-state index in [0.29, 0.717) is 24.9 Å². The summed E-state index contributed by atoms with van der Waals surface area (Å²) in [6, 6.07) is 3.89. The Morgan fingerprint density at radius 3 is 2.68 bits per heavy atom. The van der Waals surface area contributed by atoms with Gasteiger partial charge in [-0.1, -0.05) is 18.0 Å². The molecule has 8 heteroatoms. The Hall–Kier alpha value is -1.57. The number of benzene rings is 1. The van der Waals surface area contributed by atoms with Gasteiger partial charge in [0.2, 0.25) is 0 Å². The summed E-state index contributed by atoms with van der Waals surface area (Å²) in [5.74, 6) is 2.52. The van der Waals surface area contributed by atoms with E-state index in [1.165, 1.54) is 0 Å². The number of ether oxygens (including phenoxy) is 2. The predicted octanol–water partition coefficient (Wildman–Crippen LogP) is 3.92. The predicted molar refractivity (Wildman–Crippen MR) is 99.9 cm³/mol. The molecule has 6 nitrogen and oxygen atoms in total. The summed E-state index contributed by atoms with van der Waals surface area (Å²) in [6.45, 7) is 1.12. The number of hydrogen-bond acceptors (Lipinski definition) is 6. The molecule has 1 aromatic heterocycles. The molecule has 0 spiro atoms. The van der Waals surface area contributed by atoms with Crippen molar-refractivity contribution >= 4 is 40.5 Å². The summed E-state index contributed by atoms with van der Waals surface area (Å²) in [5, 5.41) is 4.05. The number of nitrogens with zero attached hydrogens (tertiary/aromatic N) is 2. The van der Waals surface area contributed by atoms with Gasteiger partial charge in [-0.3, -0.25) is 0 Å². The van der Waals surface area contributed by atoms with Gasteiger partial charge in [0.25, 0.3) is 5.89 Å². The van der Waals surface area contributed by atoms with E-state index in [0.717, 1.165) is 47.2 Å². The van der Waals surface area contributed by atoms with Gasteiger partial charge < -0.3 is 19.7 Å². The lowest BCUT2D eigenvalue weighted by Crippen LogP contribution is -2.34. The average molecular weight is 429 g/mol. The third kappa shape index (κ3) is 3.68. The molecule has 1 saturated carbocycles. The fraction of sp³-hybridized carbons (Fsp3) is 0.412. The zero-order valence-corrected chi connectivity index (χ0v) is 15.9. The SMILES string of the molecule is Cl.NC1(c2noc(/C=C/c3cc(Br)c4c(c3)OCCO4)n2)CCCC1. The normalized spacial score (nSPS) is 18.3. The Bertz CT molecular complexity index is 787. The molecule has 1 fully saturated rings. The highest BCUT2D eigenvalue weighted by Crippen LogP contribution is 2.39. The van der Waals surface area contributed by atoms with Crippen LogP contribution >= 0.6 is 28.3 Å². The maximum absolute atomic E-state index is 6.35. The largest absolute Gasteiger partial charge is 0.486 e. The third-order valence-corrected chi connectivity index (χ3v) is 5.01. The number of rotatable bonds is 3. The molecular formula is C17H19BrClN3O3. The van der Waals surface area contributed by atoms with Crippen molar-refractivity contribution in [3.8, 4) is 11.5 Å². The summed E-state index contributed by atoms with van der Waals surface area (Å²) >= 11 is 3.51. The minimum atomic E-state index is -0.435. The first kappa shape index (κ1) is 18.2. The van der Waals surface area contributed by atoms with Gasteiger partial charge in [-0.2, -0.15) is 4.98 Å². The van der Waals surface area contributed by atoms with Gasteiger partial charge in [0.15, 0.2) is 17.3 Å². The first-order valence-corrected chi connectivity index (χ1v) is 8.84. The quantitative estimate of drug-likeness (QED) is 0.797. The van der Waals surface area contributed by atoms with Crippen LogP contribution in [-0.4, -0.2) is 23.4 Å². The minimum absolute atomic E-state index is 0. The second-order valence-corrected chi connectivity index (χ2v) is 7.03. The van der Waals surface area contributed by atoms with Crippen molar-refractivity contribution in [2.24, 2.45) is 5.73 Å². The maximum Gasteiger partial charge on any atom is 0.250 e. The summed E-state index contributed by atoms with van der Waals surface area (Å²) in [4.78, 5) is 4.43. The van der Waals surface area contributed by atoms with Crippen molar-refractivity contribution in [3.63, 3.8) is 0 Å². The zero-order valence-electron chi connectivity index (χ0n) is 13.5. The van der Waals surface area contributed by atoms with E-state index < -0.39 is 5.54 Å². The van der Waals surface area contributed by atoms with Crippen LogP contribution in [0.2, 0.25) is 0 Å². The van der Waals surface area contributed by atoms with Crippen molar-refractivity contribution in [2.75, 3.05) is 13.2 Å². The molecule has 0 amide bonds. The number of fused-ring (bicyclic) bond motifs is 1. The van der Waals surface area contributed by atoms with Crippen molar-refractivity contribution in [2.45, 2.75) is 31.2 Å². The van der Waals surface area contributed by atoms with Gasteiger partial charge in [0.05, 0.1) is 10.0 Å². The fourth-order valence-electron chi connectivity index (χ4n) is 3.13. The third-order valence-electron chi connectivity index (χ3n) is 4.42. The van der Waals surface area contributed by atoms with Crippen molar-refractivity contribution < 1.29 is 14.0 Å². The van der Waals surface area contributed by atoms with Crippen LogP contribution in [0.15, 0.2) is 21.1 Å². The molecule has 2 aliphatic rings. The smallest absolute Gasteiger partial charge is 0.250 e. The highest BCUT2D eigenvalue weighted by Gasteiger charge is 2.35. The van der Waals surface area contributed by atoms with E-state index >= 15 is 0 Å². The molecule has 0 bridgehead atoms. The van der Waals surface area contributed by atoms with Gasteiger partial charge in [-0.05, 0) is 52.5 Å². The van der Waals surface area contributed by atoms with Crippen LogP contribution in [-0.2, 0) is 5.54 Å². The van der Waals surface area contributed by atoms with Gasteiger partial charge >= 0.3 is 0 Å². The lowest BCUT2D eigenvalue weighted by atomic mass is 9.99. The molecule has 2 heterocycles. The molecule has 4 rings (SSSR count). The molecule has 0 unspecified atom stereocenters. The topological polar surface area (TPSA) is 83.4 Å². The molecule has 1 aromatic carbocycles. The maximum atomic E-state index is 6.35. The Morgan fingerprint density at radius 2 is 1.88 bits per heavy atom. The van der Waals surface area contributed by atoms with Crippen molar-refractivity contribution in [1.29, 1.82) is 0 Å². The second-order valence-electron chi connectivity index (χ2n) is 6.18.